The first-order valence-corrected chi connectivity index (χ1v) is 8.35. The Labute approximate surface area is 140 Å². The van der Waals surface area contributed by atoms with Crippen LogP contribution in [0.5, 0.6) is 5.75 Å². The van der Waals surface area contributed by atoms with E-state index in [0.717, 1.165) is 25.9 Å². The topological polar surface area (TPSA) is 74.4 Å². The van der Waals surface area contributed by atoms with Crippen molar-refractivity contribution in [3.63, 3.8) is 0 Å². The van der Waals surface area contributed by atoms with Crippen LogP contribution >= 0.6 is 0 Å². The molecule has 128 valence electrons. The van der Waals surface area contributed by atoms with Gasteiger partial charge in [-0.05, 0) is 38.1 Å². The van der Waals surface area contributed by atoms with Crippen LogP contribution in [0.4, 0.5) is 0 Å². The van der Waals surface area contributed by atoms with Crippen LogP contribution in [0.2, 0.25) is 0 Å². The number of aromatic nitrogens is 1. The monoisotopic (exact) mass is 329 g/mol. The Kier molecular flexibility index (Phi) is 4.85. The van der Waals surface area contributed by atoms with Gasteiger partial charge in [-0.15, -0.1) is 0 Å². The molecule has 0 aliphatic carbocycles. The third kappa shape index (κ3) is 3.14. The summed E-state index contributed by atoms with van der Waals surface area (Å²) in [5, 5.41) is 3.39. The summed E-state index contributed by atoms with van der Waals surface area (Å²) in [6, 6.07) is 5.51. The molecule has 24 heavy (non-hydrogen) atoms. The highest BCUT2D eigenvalue weighted by Gasteiger charge is 2.23. The van der Waals surface area contributed by atoms with Gasteiger partial charge in [-0.3, -0.25) is 14.5 Å². The van der Waals surface area contributed by atoms with Gasteiger partial charge in [0.1, 0.15) is 11.3 Å². The van der Waals surface area contributed by atoms with Gasteiger partial charge in [0.15, 0.2) is 0 Å². The van der Waals surface area contributed by atoms with E-state index in [-0.39, 0.29) is 16.9 Å². The summed E-state index contributed by atoms with van der Waals surface area (Å²) in [5.41, 5.74) is 0.542. The molecule has 1 fully saturated rings. The second-order valence-electron chi connectivity index (χ2n) is 6.08. The maximum Gasteiger partial charge on any atom is 0.256 e. The van der Waals surface area contributed by atoms with E-state index in [4.69, 9.17) is 4.74 Å². The number of benzene rings is 1. The van der Waals surface area contributed by atoms with Crippen LogP contribution < -0.4 is 15.5 Å². The fraction of sp³-hybridized carbons (Fsp3) is 0.444. The molecule has 1 aromatic carbocycles. The van der Waals surface area contributed by atoms with Crippen LogP contribution in [0.15, 0.2) is 29.2 Å². The molecular weight excluding hydrogens is 306 g/mol. The van der Waals surface area contributed by atoms with Gasteiger partial charge in [-0.25, -0.2) is 0 Å². The van der Waals surface area contributed by atoms with Crippen LogP contribution in [0, 0.1) is 0 Å². The predicted octanol–water partition coefficient (Wildman–Crippen LogP) is 1.75. The van der Waals surface area contributed by atoms with Crippen LogP contribution in [-0.4, -0.2) is 48.6 Å². The van der Waals surface area contributed by atoms with Crippen molar-refractivity contribution in [1.29, 1.82) is 0 Å². The largest absolute Gasteiger partial charge is 0.497 e. The molecule has 3 rings (SSSR count). The maximum atomic E-state index is 12.6. The Balaban J connectivity index is 1.77. The van der Waals surface area contributed by atoms with Gasteiger partial charge in [0.25, 0.3) is 5.91 Å². The number of likely N-dealkylation sites (N-methyl/N-ethyl adjacent to an activating group) is 1. The number of carbonyl (C=O) groups is 1. The number of nitrogens with one attached hydrogen (secondary N) is 2. The Morgan fingerprint density at radius 3 is 3.04 bits per heavy atom. The molecule has 0 bridgehead atoms. The van der Waals surface area contributed by atoms with Gasteiger partial charge in [-0.1, -0.05) is 6.92 Å². The number of fused-ring (bicyclic) bond motifs is 1. The highest BCUT2D eigenvalue weighted by Crippen LogP contribution is 2.17. The predicted molar refractivity (Wildman–Crippen MR) is 93.7 cm³/mol. The fourth-order valence-corrected chi connectivity index (χ4v) is 3.35. The van der Waals surface area contributed by atoms with Crippen LogP contribution in [-0.2, 0) is 0 Å². The molecule has 1 unspecified atom stereocenters. The van der Waals surface area contributed by atoms with E-state index < -0.39 is 0 Å². The number of aromatic amines is 1. The third-order valence-corrected chi connectivity index (χ3v) is 4.74. The van der Waals surface area contributed by atoms with Crippen molar-refractivity contribution < 1.29 is 9.53 Å². The quantitative estimate of drug-likeness (QED) is 0.876. The van der Waals surface area contributed by atoms with Crippen molar-refractivity contribution in [2.75, 3.05) is 26.7 Å². The first-order chi connectivity index (χ1) is 11.6. The molecule has 2 heterocycles. The molecule has 1 aromatic heterocycles. The number of amides is 1. The van der Waals surface area contributed by atoms with Gasteiger partial charge in [-0.2, -0.15) is 0 Å². The van der Waals surface area contributed by atoms with E-state index in [1.165, 1.54) is 6.20 Å². The van der Waals surface area contributed by atoms with E-state index in [9.17, 15) is 9.59 Å². The van der Waals surface area contributed by atoms with Gasteiger partial charge in [0.2, 0.25) is 5.43 Å². The van der Waals surface area contributed by atoms with Crippen molar-refractivity contribution in [1.82, 2.24) is 15.2 Å². The molecule has 6 nitrogen and oxygen atoms in total. The minimum atomic E-state index is -0.322. The summed E-state index contributed by atoms with van der Waals surface area (Å²) in [4.78, 5) is 30.3. The Bertz CT molecular complexity index is 800. The molecule has 1 amide bonds. The highest BCUT2D eigenvalue weighted by atomic mass is 16.5. The zero-order valence-electron chi connectivity index (χ0n) is 14.1. The molecule has 0 spiro atoms. The molecule has 1 aliphatic rings. The van der Waals surface area contributed by atoms with Crippen molar-refractivity contribution in [2.24, 2.45) is 0 Å². The number of hydrogen-bond acceptors (Lipinski definition) is 4. The number of likely N-dealkylation sites (tertiary alicyclic amines) is 1. The zero-order chi connectivity index (χ0) is 17.1. The van der Waals surface area contributed by atoms with E-state index >= 15 is 0 Å². The number of rotatable bonds is 5. The summed E-state index contributed by atoms with van der Waals surface area (Å²) in [6.45, 7) is 4.77. The number of nitrogens with zero attached hydrogens (tertiary/aromatic N) is 1. The minimum absolute atomic E-state index is 0.147. The van der Waals surface area contributed by atoms with E-state index in [1.54, 1.807) is 25.3 Å². The molecule has 2 N–H and O–H groups in total. The standard InChI is InChI=1S/C18H23N3O3/c1-3-21-8-4-5-12(21)10-20-18(23)15-11-19-16-9-13(24-2)6-7-14(16)17(15)22/h6-7,9,11-12H,3-5,8,10H2,1-2H3,(H,19,22)(H,20,23). The van der Waals surface area contributed by atoms with Gasteiger partial charge < -0.3 is 15.0 Å². The average Bonchev–Trinajstić information content (AvgIpc) is 3.07. The minimum Gasteiger partial charge on any atom is -0.497 e. The molecule has 1 saturated heterocycles. The fourth-order valence-electron chi connectivity index (χ4n) is 3.35. The van der Waals surface area contributed by atoms with Crippen LogP contribution in [0.1, 0.15) is 30.1 Å². The Morgan fingerprint density at radius 2 is 2.29 bits per heavy atom. The van der Waals surface area contributed by atoms with Gasteiger partial charge in [0, 0.05) is 30.2 Å². The summed E-state index contributed by atoms with van der Waals surface area (Å²) < 4.78 is 5.15. The van der Waals surface area contributed by atoms with Crippen molar-refractivity contribution in [3.8, 4) is 5.75 Å². The first kappa shape index (κ1) is 16.5. The van der Waals surface area contributed by atoms with Crippen LogP contribution in [0.25, 0.3) is 10.9 Å². The lowest BCUT2D eigenvalue weighted by Gasteiger charge is -2.22. The number of ether oxygens (including phenoxy) is 1. The summed E-state index contributed by atoms with van der Waals surface area (Å²) in [5.74, 6) is 0.341. The number of carbonyl (C=O) groups excluding carboxylic acids is 1. The molecule has 1 atom stereocenters. The Morgan fingerprint density at radius 1 is 1.46 bits per heavy atom. The lowest BCUT2D eigenvalue weighted by molar-refractivity contribution is 0.0940. The maximum absolute atomic E-state index is 12.6. The lowest BCUT2D eigenvalue weighted by Crippen LogP contribution is -2.41. The summed E-state index contributed by atoms with van der Waals surface area (Å²) >= 11 is 0. The molecule has 0 saturated carbocycles. The number of methoxy groups -OCH3 is 1. The lowest BCUT2D eigenvalue weighted by atomic mass is 10.1. The Hall–Kier alpha value is -2.34. The number of pyridine rings is 1. The van der Waals surface area contributed by atoms with E-state index in [1.807, 2.05) is 0 Å². The molecule has 1 aliphatic heterocycles. The van der Waals surface area contributed by atoms with Crippen molar-refractivity contribution >= 4 is 16.8 Å². The number of hydrogen-bond donors (Lipinski definition) is 2. The molecule has 6 heteroatoms. The second-order valence-corrected chi connectivity index (χ2v) is 6.08. The second kappa shape index (κ2) is 7.05. The average molecular weight is 329 g/mol. The molecule has 2 aromatic rings. The highest BCUT2D eigenvalue weighted by molar-refractivity contribution is 5.97. The zero-order valence-corrected chi connectivity index (χ0v) is 14.1. The first-order valence-electron chi connectivity index (χ1n) is 8.35. The van der Waals surface area contributed by atoms with E-state index in [0.29, 0.717) is 29.2 Å². The van der Waals surface area contributed by atoms with E-state index in [2.05, 4.69) is 22.1 Å². The summed E-state index contributed by atoms with van der Waals surface area (Å²) in [6.07, 6.45) is 3.72. The summed E-state index contributed by atoms with van der Waals surface area (Å²) in [7, 11) is 1.57. The van der Waals surface area contributed by atoms with Gasteiger partial charge >= 0.3 is 0 Å². The molecule has 0 radical (unpaired) electrons. The van der Waals surface area contributed by atoms with Crippen molar-refractivity contribution in [2.45, 2.75) is 25.8 Å². The smallest absolute Gasteiger partial charge is 0.256 e. The van der Waals surface area contributed by atoms with Crippen molar-refractivity contribution in [3.05, 3.63) is 40.2 Å². The number of H-pyrrole nitrogens is 1. The van der Waals surface area contributed by atoms with Crippen LogP contribution in [0.3, 0.4) is 0 Å². The SMILES string of the molecule is CCN1CCCC1CNC(=O)c1c[nH]c2cc(OC)ccc2c1=O. The normalized spacial score (nSPS) is 18.0. The molecular formula is C18H23N3O3. The third-order valence-electron chi connectivity index (χ3n) is 4.74. The van der Waals surface area contributed by atoms with Gasteiger partial charge in [0.05, 0.1) is 12.6 Å².